The first-order chi connectivity index (χ1) is 63.8. The van der Waals surface area contributed by atoms with Crippen LogP contribution >= 0.6 is 0 Å². The topological polar surface area (TPSA) is 664 Å². The highest BCUT2D eigenvalue weighted by Crippen LogP contribution is 2.46. The number of phenolic OH excluding ortho intramolecular Hbond substituents is 6. The number of aromatic nitrogens is 12. The molecule has 18 N–H and O–H groups in total. The minimum Gasteiger partial charge on any atom is -0.507 e. The van der Waals surface area contributed by atoms with E-state index in [1.165, 1.54) is 182 Å². The third-order valence-electron chi connectivity index (χ3n) is 22.3. The van der Waals surface area contributed by atoms with E-state index in [0.29, 0.717) is 0 Å². The second kappa shape index (κ2) is 33.3. The van der Waals surface area contributed by atoms with Crippen molar-refractivity contribution in [2.45, 2.75) is 38.5 Å². The number of rotatable bonds is 12. The van der Waals surface area contributed by atoms with Crippen LogP contribution in [-0.2, 0) is 38.5 Å². The van der Waals surface area contributed by atoms with Crippen molar-refractivity contribution in [3.8, 4) is 34.5 Å². The summed E-state index contributed by atoms with van der Waals surface area (Å²) in [5.41, 5.74) is -10.2. The van der Waals surface area contributed by atoms with E-state index in [1.54, 1.807) is 0 Å². The molecule has 0 spiro atoms. The predicted octanol–water partition coefficient (Wildman–Crippen LogP) is 13.4. The highest BCUT2D eigenvalue weighted by molar-refractivity contribution is 5.95. The number of nitrogens with one attached hydrogen (secondary N) is 12. The smallest absolute Gasteiger partial charge is 0.272 e. The maximum atomic E-state index is 13.5. The summed E-state index contributed by atoms with van der Waals surface area (Å²) in [5.74, 6) is -3.13. The fourth-order valence-electron chi connectivity index (χ4n) is 16.1. The van der Waals surface area contributed by atoms with Crippen LogP contribution in [0.25, 0.3) is 64.6 Å². The van der Waals surface area contributed by atoms with Gasteiger partial charge in [0.25, 0.3) is 66.7 Å². The van der Waals surface area contributed by atoms with Crippen molar-refractivity contribution in [2.75, 3.05) is 0 Å². The fourth-order valence-corrected chi connectivity index (χ4v) is 16.1. The molecule has 42 heteroatoms. The van der Waals surface area contributed by atoms with Crippen molar-refractivity contribution < 1.29 is 30.6 Å². The summed E-state index contributed by atoms with van der Waals surface area (Å²) in [6.07, 6.45) is -3.06. The molecule has 6 aromatic heterocycles. The van der Waals surface area contributed by atoms with Gasteiger partial charge in [-0.15, -0.1) is 30.7 Å². The first kappa shape index (κ1) is 82.3. The summed E-state index contributed by atoms with van der Waals surface area (Å²) < 4.78 is 0. The van der Waals surface area contributed by atoms with Gasteiger partial charge in [0.1, 0.15) is 34.5 Å². The van der Waals surface area contributed by atoms with Gasteiger partial charge in [0, 0.05) is 105 Å². The van der Waals surface area contributed by atoms with Crippen LogP contribution in [0.2, 0.25) is 0 Å². The maximum Gasteiger partial charge on any atom is 0.272 e. The van der Waals surface area contributed by atoms with E-state index in [1.807, 2.05) is 0 Å². The summed E-state index contributed by atoms with van der Waals surface area (Å²) >= 11 is 0. The number of azo groups is 6. The quantitative estimate of drug-likeness (QED) is 0.0505. The number of phenols is 6. The molecular weight excluding hydrogens is 1710 g/mol. The molecule has 12 bridgehead atoms. The molecule has 0 radical (unpaired) electrons. The van der Waals surface area contributed by atoms with E-state index in [9.17, 15) is 88.2 Å². The zero-order valence-electron chi connectivity index (χ0n) is 67.5. The molecule has 1 aliphatic rings. The van der Waals surface area contributed by atoms with Gasteiger partial charge in [-0.1, -0.05) is 36.4 Å². The second-order valence-electron chi connectivity index (χ2n) is 30.6. The second-order valence-corrected chi connectivity index (χ2v) is 30.6. The van der Waals surface area contributed by atoms with Crippen molar-refractivity contribution in [3.63, 3.8) is 0 Å². The van der Waals surface area contributed by atoms with Crippen LogP contribution in [0.5, 0.6) is 34.5 Å². The van der Waals surface area contributed by atoms with Gasteiger partial charge in [0.15, 0.2) is 0 Å². The van der Waals surface area contributed by atoms with Crippen LogP contribution < -0.4 is 66.7 Å². The Morgan fingerprint density at radius 1 is 0.167 bits per heavy atom. The number of benzene rings is 12. The highest BCUT2D eigenvalue weighted by Gasteiger charge is 2.27. The average Bonchev–Trinajstić information content (AvgIpc) is 0.761. The summed E-state index contributed by atoms with van der Waals surface area (Å²) in [5, 5.41) is 159. The molecule has 0 atom stereocenters. The van der Waals surface area contributed by atoms with Crippen molar-refractivity contribution in [1.82, 2.24) is 61.2 Å². The van der Waals surface area contributed by atoms with Crippen LogP contribution in [-0.4, -0.2) is 91.8 Å². The molecule has 648 valence electrons. The van der Waals surface area contributed by atoms with Gasteiger partial charge < -0.3 is 30.6 Å². The number of aromatic amines is 12. The zero-order chi connectivity index (χ0) is 91.6. The maximum absolute atomic E-state index is 13.5. The lowest BCUT2D eigenvalue weighted by Crippen LogP contribution is -2.18. The fraction of sp³-hybridized carbons (Fsp3) is 0.0667. The van der Waals surface area contributed by atoms with E-state index < -0.39 is 140 Å². The van der Waals surface area contributed by atoms with E-state index >= 15 is 0 Å². The summed E-state index contributed by atoms with van der Waals surface area (Å²) in [7, 11) is 0. The van der Waals surface area contributed by atoms with Crippen LogP contribution in [0.15, 0.2) is 301 Å². The van der Waals surface area contributed by atoms with E-state index in [4.69, 9.17) is 0 Å². The third kappa shape index (κ3) is 15.5. The van der Waals surface area contributed by atoms with Gasteiger partial charge >= 0.3 is 0 Å². The molecule has 0 amide bonds. The lowest BCUT2D eigenvalue weighted by atomic mass is 9.90. The Hall–Kier alpha value is -19.3. The van der Waals surface area contributed by atoms with Crippen molar-refractivity contribution in [3.05, 3.63) is 373 Å². The van der Waals surface area contributed by atoms with Crippen LogP contribution in [0.4, 0.5) is 68.2 Å². The summed E-state index contributed by atoms with van der Waals surface area (Å²) in [4.78, 5) is 160. The van der Waals surface area contributed by atoms with E-state index in [-0.39, 0.29) is 200 Å². The highest BCUT2D eigenvalue weighted by atomic mass is 16.3. The Labute approximate surface area is 728 Å². The number of H-pyrrole nitrogens is 12. The Morgan fingerprint density at radius 2 is 0.288 bits per heavy atom. The number of fused-ring (bicyclic) bond motifs is 18. The Bertz CT molecular complexity index is 7580. The van der Waals surface area contributed by atoms with Crippen LogP contribution in [0.3, 0.4) is 0 Å². The Kier molecular flexibility index (Phi) is 20.8. The van der Waals surface area contributed by atoms with Gasteiger partial charge in [-0.05, 0) is 146 Å². The molecule has 0 unspecified atom stereocenters. The molecule has 19 rings (SSSR count). The molecule has 42 nitrogen and oxygen atoms in total. The Morgan fingerprint density at radius 3 is 0.417 bits per heavy atom. The van der Waals surface area contributed by atoms with Gasteiger partial charge in [-0.2, -0.15) is 30.7 Å². The molecule has 132 heavy (non-hydrogen) atoms. The van der Waals surface area contributed by atoms with Crippen molar-refractivity contribution in [1.29, 1.82) is 0 Å². The number of hydrogen-bond acceptors (Lipinski definition) is 30. The van der Waals surface area contributed by atoms with Gasteiger partial charge in [0.2, 0.25) is 0 Å². The standard InChI is InChI=1S/C90H60N24O18/c115-73-37-19-39-27-50(92-98-62-14-2-8-56-68(62)86(128)110-104-80(56)122)29-41(74(39)116)21-43-31-52(94-100-64-16-4-10-58-70(64)88(130)112-106-82(58)124)33-45(76(43)118)23-47-35-54(96-102-66-18-6-12-60-72(66)90(132)114-108-84(60)126)36-48(78(47)120)24-46-34-53(95-101-65-17-5-11-59-71(65)89(131)113-107-83(59)125)32-44(77(46)119)22-42-30-51(93-99-63-15-3-9-57-69(63)87(129)111-105-81(57)123)28-40(75(42)117)20-38(73)26-49(25-37)91-97-61-13-1-7-55-67(61)85(127)109-103-79(55)121/h1-18,25-36,115-120H,19-24H2,(H,103,121)(H,104,122)(H,105,123)(H,106,124)(H,107,125)(H,108,126)(H,109,127)(H,110,128)(H,111,129)(H,112,130)(H,113,131)(H,114,132). The zero-order valence-corrected chi connectivity index (χ0v) is 67.5. The van der Waals surface area contributed by atoms with Crippen molar-refractivity contribution in [2.24, 2.45) is 61.4 Å². The molecule has 18 aromatic rings. The molecule has 0 aliphatic heterocycles. The SMILES string of the molecule is O=c1[nH][nH]c(=O)c2c(N=Nc3cc4c(O)c(c3)Cc3cc(N=Nc5cccc6c(=O)[nH][nH]c(=O)c56)cc(c3O)Cc3cc(N=Nc5cccc6c(=O)[nH][nH]c(=O)c56)cc(c3O)Cc3cc(N=Nc5cccc6c(=O)[nH][nH]c(=O)c56)cc(c3O)Cc3cc(N=Nc5cccc6c(=O)[nH][nH]c(=O)c56)cc(c3O)Cc3cc(N=Nc5cccc6c(=O)[nH][nH]c(=O)c56)cc(c3O)C4)cccc12. The molecule has 0 saturated carbocycles. The van der Waals surface area contributed by atoms with E-state index in [2.05, 4.69) is 123 Å². The summed E-state index contributed by atoms with van der Waals surface area (Å²) in [6.45, 7) is 0. The largest absolute Gasteiger partial charge is 0.507 e. The average molecular weight is 1770 g/mol. The minimum absolute atomic E-state index is 0.0573. The number of hydrogen-bond donors (Lipinski definition) is 18. The molecule has 1 aliphatic carbocycles. The molecule has 0 saturated heterocycles. The van der Waals surface area contributed by atoms with Gasteiger partial charge in [-0.25, -0.2) is 0 Å². The monoisotopic (exact) mass is 1760 g/mol. The molecule has 6 heterocycles. The van der Waals surface area contributed by atoms with Crippen LogP contribution in [0.1, 0.15) is 66.8 Å². The minimum atomic E-state index is -0.748. The lowest BCUT2D eigenvalue weighted by Gasteiger charge is -2.18. The first-order valence-corrected chi connectivity index (χ1v) is 39.8. The third-order valence-corrected chi connectivity index (χ3v) is 22.3. The molecule has 12 aromatic carbocycles. The van der Waals surface area contributed by atoms with E-state index in [0.717, 1.165) is 0 Å². The molecular formula is C90H60N24O18. The van der Waals surface area contributed by atoms with Gasteiger partial charge in [0.05, 0.1) is 133 Å². The lowest BCUT2D eigenvalue weighted by molar-refractivity contribution is 0.451. The first-order valence-electron chi connectivity index (χ1n) is 39.8. The molecule has 0 fully saturated rings. The summed E-state index contributed by atoms with van der Waals surface area (Å²) in [6, 6.07) is 42.0. The van der Waals surface area contributed by atoms with Crippen molar-refractivity contribution >= 4 is 133 Å². The number of nitrogens with zero attached hydrogens (tertiary/aromatic N) is 12. The predicted molar refractivity (Wildman–Crippen MR) is 482 cm³/mol. The normalized spacial score (nSPS) is 12.7. The van der Waals surface area contributed by atoms with Gasteiger partial charge in [-0.3, -0.25) is 119 Å². The Balaban J connectivity index is 0.867. The number of aromatic hydroxyl groups is 6. The van der Waals surface area contributed by atoms with Crippen LogP contribution in [0, 0.1) is 0 Å².